The maximum absolute atomic E-state index is 14.8. The molecule has 0 radical (unpaired) electrons. The van der Waals surface area contributed by atoms with E-state index in [-0.39, 0.29) is 11.2 Å². The smallest absolute Gasteiger partial charge is 0.122 e. The van der Waals surface area contributed by atoms with Crippen molar-refractivity contribution in [2.75, 3.05) is 9.80 Å². The zero-order valence-electron chi connectivity index (χ0n) is 34.3. The second kappa shape index (κ2) is 13.9. The van der Waals surface area contributed by atoms with Crippen molar-refractivity contribution in [3.05, 3.63) is 171 Å². The van der Waals surface area contributed by atoms with Crippen LogP contribution in [-0.2, 0) is 19.3 Å². The van der Waals surface area contributed by atoms with Gasteiger partial charge in [0.25, 0.3) is 0 Å². The normalized spacial score (nSPS) is 20.3. The van der Waals surface area contributed by atoms with Gasteiger partial charge >= 0.3 is 0 Å². The Morgan fingerprint density at radius 2 is 1.58 bits per heavy atom. The van der Waals surface area contributed by atoms with Crippen LogP contribution in [0.2, 0.25) is 0 Å². The molecule has 0 saturated heterocycles. The highest BCUT2D eigenvalue weighted by Gasteiger charge is 2.42. The minimum absolute atomic E-state index is 0.0637. The summed E-state index contributed by atoms with van der Waals surface area (Å²) in [5, 5.41) is 10.2. The first-order valence-electron chi connectivity index (χ1n) is 21.8. The van der Waals surface area contributed by atoms with Gasteiger partial charge in [-0.05, 0) is 148 Å². The molecule has 0 saturated carbocycles. The van der Waals surface area contributed by atoms with Gasteiger partial charge in [-0.15, -0.1) is 0 Å². The molecule has 6 aromatic carbocycles. The predicted octanol–water partition coefficient (Wildman–Crippen LogP) is 13.4. The number of halogens is 2. The standard InChI is InChI=1S/C55H50F2N2/c1-4-34-31-51(59(41-25-21-39(57)22-26-41)49-18-10-14-36-12-6-8-16-43(36)49)46-33-47-52-37(29-30-55(47,2)3)32-50(45-28-27-44(34)53(46)54(45)52)58(40-23-19-38(56)20-24-40)48-17-9-13-35-11-5-7-15-42(35)48/h5-8,10-16,18-19,21,23-25,27-28,31-32,38,47H,4,9,17,20,22,26,29-30,33H2,1-3H3. The van der Waals surface area contributed by atoms with E-state index in [1.54, 1.807) is 12.2 Å². The van der Waals surface area contributed by atoms with E-state index < -0.39 is 6.17 Å². The molecule has 0 heterocycles. The molecule has 294 valence electrons. The Labute approximate surface area is 345 Å². The van der Waals surface area contributed by atoms with Crippen molar-refractivity contribution in [1.29, 1.82) is 0 Å². The highest BCUT2D eigenvalue weighted by Crippen LogP contribution is 2.58. The van der Waals surface area contributed by atoms with Crippen LogP contribution in [0.25, 0.3) is 44.1 Å². The van der Waals surface area contributed by atoms with Crippen LogP contribution >= 0.6 is 0 Å². The maximum atomic E-state index is 14.8. The van der Waals surface area contributed by atoms with Gasteiger partial charge in [0.15, 0.2) is 0 Å². The van der Waals surface area contributed by atoms with Gasteiger partial charge in [-0.3, -0.25) is 0 Å². The third-order valence-electron chi connectivity index (χ3n) is 14.2. The first kappa shape index (κ1) is 36.3. The van der Waals surface area contributed by atoms with Gasteiger partial charge in [-0.2, -0.15) is 0 Å². The topological polar surface area (TPSA) is 6.48 Å². The molecule has 2 nitrogen and oxygen atoms in total. The summed E-state index contributed by atoms with van der Waals surface area (Å²) in [6.07, 6.45) is 18.2. The van der Waals surface area contributed by atoms with E-state index in [4.69, 9.17) is 0 Å². The predicted molar refractivity (Wildman–Crippen MR) is 244 cm³/mol. The first-order valence-corrected chi connectivity index (χ1v) is 21.8. The number of fused-ring (bicyclic) bond motifs is 2. The molecule has 0 fully saturated rings. The van der Waals surface area contributed by atoms with Crippen molar-refractivity contribution in [3.63, 3.8) is 0 Å². The second-order valence-electron chi connectivity index (χ2n) is 18.0. The molecule has 59 heavy (non-hydrogen) atoms. The summed E-state index contributed by atoms with van der Waals surface area (Å²) in [6.45, 7) is 7.24. The molecule has 0 N–H and O–H groups in total. The molecular weight excluding hydrogens is 727 g/mol. The summed E-state index contributed by atoms with van der Waals surface area (Å²) in [5.74, 6) is 0.262. The van der Waals surface area contributed by atoms with Crippen molar-refractivity contribution < 1.29 is 8.78 Å². The number of aryl methyl sites for hydroxylation is 2. The lowest BCUT2D eigenvalue weighted by atomic mass is 9.60. The largest absolute Gasteiger partial charge is 0.313 e. The Bertz CT molecular complexity index is 3010. The van der Waals surface area contributed by atoms with E-state index in [1.165, 1.54) is 82.1 Å². The number of rotatable bonds is 7. The number of allylic oxidation sites excluding steroid dienone is 7. The highest BCUT2D eigenvalue weighted by atomic mass is 19.1. The van der Waals surface area contributed by atoms with E-state index in [0.29, 0.717) is 25.2 Å². The number of anilines is 3. The fraction of sp³-hybridized carbons (Fsp3) is 0.273. The van der Waals surface area contributed by atoms with E-state index in [2.05, 4.69) is 134 Å². The van der Waals surface area contributed by atoms with Gasteiger partial charge in [0, 0.05) is 51.6 Å². The van der Waals surface area contributed by atoms with Crippen molar-refractivity contribution in [3.8, 4) is 0 Å². The molecule has 5 aliphatic carbocycles. The molecule has 5 aliphatic rings. The van der Waals surface area contributed by atoms with E-state index in [1.807, 2.05) is 12.2 Å². The van der Waals surface area contributed by atoms with Crippen LogP contribution in [0.5, 0.6) is 0 Å². The molecule has 2 unspecified atom stereocenters. The van der Waals surface area contributed by atoms with Gasteiger partial charge in [0.05, 0.1) is 11.4 Å². The average molecular weight is 777 g/mol. The average Bonchev–Trinajstić information content (AvgIpc) is 3.26. The van der Waals surface area contributed by atoms with Gasteiger partial charge in [0.2, 0.25) is 0 Å². The van der Waals surface area contributed by atoms with Crippen LogP contribution in [0.4, 0.5) is 25.8 Å². The summed E-state index contributed by atoms with van der Waals surface area (Å²) < 4.78 is 29.6. The quantitative estimate of drug-likeness (QED) is 0.149. The molecule has 6 aromatic rings. The molecule has 0 aromatic heterocycles. The van der Waals surface area contributed by atoms with Crippen molar-refractivity contribution in [2.24, 2.45) is 5.41 Å². The summed E-state index contributed by atoms with van der Waals surface area (Å²) in [4.78, 5) is 4.99. The maximum Gasteiger partial charge on any atom is 0.122 e. The molecule has 0 aliphatic heterocycles. The second-order valence-corrected chi connectivity index (χ2v) is 18.0. The van der Waals surface area contributed by atoms with Crippen LogP contribution in [-0.4, -0.2) is 6.17 Å². The lowest BCUT2D eigenvalue weighted by Gasteiger charge is -2.45. The number of nitrogens with zero attached hydrogens (tertiary/aromatic N) is 2. The Morgan fingerprint density at radius 3 is 2.41 bits per heavy atom. The molecule has 11 rings (SSSR count). The van der Waals surface area contributed by atoms with Crippen LogP contribution in [0, 0.1) is 5.41 Å². The van der Waals surface area contributed by atoms with Crippen LogP contribution < -0.4 is 20.2 Å². The number of alkyl halides is 1. The molecule has 4 heteroatoms. The number of hydrogen-bond donors (Lipinski definition) is 0. The third kappa shape index (κ3) is 5.77. The Hall–Kier alpha value is -5.74. The Kier molecular flexibility index (Phi) is 8.59. The molecule has 0 spiro atoms. The van der Waals surface area contributed by atoms with Crippen molar-refractivity contribution >= 4 is 61.2 Å². The zero-order valence-corrected chi connectivity index (χ0v) is 34.3. The number of benzene rings is 6. The van der Waals surface area contributed by atoms with E-state index in [0.717, 1.165) is 55.6 Å². The van der Waals surface area contributed by atoms with Crippen molar-refractivity contribution in [2.45, 2.75) is 90.6 Å². The van der Waals surface area contributed by atoms with Gasteiger partial charge in [-0.1, -0.05) is 106 Å². The molecule has 0 amide bonds. The van der Waals surface area contributed by atoms with E-state index >= 15 is 0 Å². The van der Waals surface area contributed by atoms with Gasteiger partial charge in [-0.25, -0.2) is 8.78 Å². The lowest BCUT2D eigenvalue weighted by molar-refractivity contribution is 0.244. The third-order valence-corrected chi connectivity index (χ3v) is 14.2. The summed E-state index contributed by atoms with van der Waals surface area (Å²) in [5.41, 5.74) is 12.8. The minimum atomic E-state index is -0.972. The fourth-order valence-corrected chi connectivity index (χ4v) is 11.2. The Morgan fingerprint density at radius 1 is 0.746 bits per heavy atom. The van der Waals surface area contributed by atoms with Crippen molar-refractivity contribution in [1.82, 2.24) is 0 Å². The Balaban J connectivity index is 1.27. The molecular formula is C55H50F2N2. The summed E-state index contributed by atoms with van der Waals surface area (Å²) in [6, 6.07) is 33.8. The first-order chi connectivity index (χ1) is 28.8. The number of hydrogen-bond acceptors (Lipinski definition) is 2. The van der Waals surface area contributed by atoms with Gasteiger partial charge < -0.3 is 9.80 Å². The monoisotopic (exact) mass is 776 g/mol. The summed E-state index contributed by atoms with van der Waals surface area (Å²) >= 11 is 0. The molecule has 0 bridgehead atoms. The molecule has 2 atom stereocenters. The van der Waals surface area contributed by atoms with Crippen LogP contribution in [0.1, 0.15) is 87.5 Å². The zero-order chi connectivity index (χ0) is 40.0. The summed E-state index contributed by atoms with van der Waals surface area (Å²) in [7, 11) is 0. The minimum Gasteiger partial charge on any atom is -0.313 e. The van der Waals surface area contributed by atoms with E-state index in [9.17, 15) is 8.78 Å². The van der Waals surface area contributed by atoms with Crippen LogP contribution in [0.15, 0.2) is 139 Å². The lowest BCUT2D eigenvalue weighted by Crippen LogP contribution is -2.37. The van der Waals surface area contributed by atoms with Crippen LogP contribution in [0.3, 0.4) is 0 Å². The fourth-order valence-electron chi connectivity index (χ4n) is 11.2. The van der Waals surface area contributed by atoms with Gasteiger partial charge in [0.1, 0.15) is 12.0 Å². The SMILES string of the molecule is CCc1cc(N(C2=CC=C(F)CC2)c2cccc3ccccc23)c2c3c1ccc1c(N(C4=CCC(F)C=C4)C4=c5ccccc5=CCC4)cc4c(c13)C(C2)C(C)(C)CC4. The highest BCUT2D eigenvalue weighted by molar-refractivity contribution is 6.19.